The van der Waals surface area contributed by atoms with Gasteiger partial charge in [0.15, 0.2) is 0 Å². The molecule has 12 heteroatoms. The average molecular weight is 678 g/mol. The Balaban J connectivity index is 1.46. The predicted octanol–water partition coefficient (Wildman–Crippen LogP) is 6.30. The summed E-state index contributed by atoms with van der Waals surface area (Å²) in [4.78, 5) is 56.7. The smallest absolute Gasteiger partial charge is 0.416 e. The third-order valence-corrected chi connectivity index (χ3v) is 8.23. The third kappa shape index (κ3) is 8.48. The molecule has 0 bridgehead atoms. The molecular formula is C37H38F3N3O6. The molecule has 2 heterocycles. The Morgan fingerprint density at radius 3 is 2.31 bits per heavy atom. The van der Waals surface area contributed by atoms with Gasteiger partial charge in [-0.3, -0.25) is 19.3 Å². The standard InChI is InChI=1S/C37H38F3N3O6/c1-36(2,3)49-31(44)20-19-29(33(45)41-22-25-13-10-16-27(21-25)37(38,39)40)42-28(18-17-24-11-6-4-7-12-24)32(34(42)46)43-30(23-48-35(43)47)26-14-8-5-9-15-26/h4-18,21,28-30,32H,19-20,22-23H2,1-3H3,(H,41,45)/t28?,29-,30-,32?/m1/s1. The molecule has 9 nitrogen and oxygen atoms in total. The molecule has 2 aliphatic rings. The minimum absolute atomic E-state index is 0.0291. The molecule has 2 saturated heterocycles. The molecule has 2 fully saturated rings. The van der Waals surface area contributed by atoms with Gasteiger partial charge < -0.3 is 19.7 Å². The number of hydrogen-bond donors (Lipinski definition) is 1. The second kappa shape index (κ2) is 14.6. The maximum Gasteiger partial charge on any atom is 0.416 e. The molecule has 3 aromatic rings. The van der Waals surface area contributed by atoms with E-state index in [-0.39, 0.29) is 31.6 Å². The molecule has 49 heavy (non-hydrogen) atoms. The van der Waals surface area contributed by atoms with Crippen LogP contribution in [0.25, 0.3) is 6.08 Å². The van der Waals surface area contributed by atoms with Gasteiger partial charge in [-0.15, -0.1) is 0 Å². The number of alkyl halides is 3. The minimum Gasteiger partial charge on any atom is -0.460 e. The molecule has 0 radical (unpaired) electrons. The second-order valence-electron chi connectivity index (χ2n) is 12.9. The first-order valence-corrected chi connectivity index (χ1v) is 15.9. The Kier molecular flexibility index (Phi) is 10.4. The highest BCUT2D eigenvalue weighted by molar-refractivity contribution is 5.98. The van der Waals surface area contributed by atoms with Crippen molar-refractivity contribution in [2.24, 2.45) is 0 Å². The molecule has 0 aromatic heterocycles. The van der Waals surface area contributed by atoms with E-state index in [0.29, 0.717) is 0 Å². The fourth-order valence-corrected chi connectivity index (χ4v) is 6.01. The van der Waals surface area contributed by atoms with Crippen molar-refractivity contribution in [3.05, 3.63) is 113 Å². The van der Waals surface area contributed by atoms with E-state index in [9.17, 15) is 32.3 Å². The number of benzene rings is 3. The lowest BCUT2D eigenvalue weighted by Crippen LogP contribution is -2.74. The number of ether oxygens (including phenoxy) is 2. The molecule has 4 atom stereocenters. The Hall–Kier alpha value is -5.13. The number of esters is 1. The normalized spacial score (nSPS) is 20.2. The first-order valence-electron chi connectivity index (χ1n) is 15.9. The van der Waals surface area contributed by atoms with Crippen molar-refractivity contribution in [2.75, 3.05) is 6.61 Å². The van der Waals surface area contributed by atoms with Gasteiger partial charge in [0.1, 0.15) is 24.3 Å². The van der Waals surface area contributed by atoms with Crippen molar-refractivity contribution in [1.82, 2.24) is 15.1 Å². The summed E-state index contributed by atoms with van der Waals surface area (Å²) < 4.78 is 50.9. The van der Waals surface area contributed by atoms with Crippen LogP contribution in [0.5, 0.6) is 0 Å². The van der Waals surface area contributed by atoms with E-state index >= 15 is 0 Å². The molecular weight excluding hydrogens is 639 g/mol. The minimum atomic E-state index is -4.57. The topological polar surface area (TPSA) is 105 Å². The summed E-state index contributed by atoms with van der Waals surface area (Å²) in [5, 5.41) is 2.66. The summed E-state index contributed by atoms with van der Waals surface area (Å²) in [7, 11) is 0. The molecule has 5 rings (SSSR count). The molecule has 0 saturated carbocycles. The highest BCUT2D eigenvalue weighted by atomic mass is 19.4. The number of carbonyl (C=O) groups excluding carboxylic acids is 4. The van der Waals surface area contributed by atoms with Crippen LogP contribution < -0.4 is 5.32 Å². The summed E-state index contributed by atoms with van der Waals surface area (Å²) in [6, 6.07) is 19.3. The van der Waals surface area contributed by atoms with Crippen molar-refractivity contribution in [2.45, 2.75) is 76.1 Å². The third-order valence-electron chi connectivity index (χ3n) is 8.23. The number of amides is 3. The molecule has 258 valence electrons. The summed E-state index contributed by atoms with van der Waals surface area (Å²) in [6.45, 7) is 4.89. The van der Waals surface area contributed by atoms with Gasteiger partial charge in [0.25, 0.3) is 0 Å². The number of cyclic esters (lactones) is 1. The Bertz CT molecular complexity index is 1690. The summed E-state index contributed by atoms with van der Waals surface area (Å²) in [6.07, 6.45) is -2.09. The lowest BCUT2D eigenvalue weighted by molar-refractivity contribution is -0.165. The number of β-lactam (4-membered cyclic amide) rings is 1. The van der Waals surface area contributed by atoms with Gasteiger partial charge in [-0.2, -0.15) is 13.2 Å². The van der Waals surface area contributed by atoms with Gasteiger partial charge in [0.2, 0.25) is 11.8 Å². The zero-order chi connectivity index (χ0) is 35.3. The van der Waals surface area contributed by atoms with Gasteiger partial charge in [0, 0.05) is 13.0 Å². The van der Waals surface area contributed by atoms with Crippen molar-refractivity contribution in [1.29, 1.82) is 0 Å². The number of nitrogens with one attached hydrogen (secondary N) is 1. The number of nitrogens with zero attached hydrogens (tertiary/aromatic N) is 2. The lowest BCUT2D eigenvalue weighted by Gasteiger charge is -2.52. The average Bonchev–Trinajstić information content (AvgIpc) is 3.43. The fourth-order valence-electron chi connectivity index (χ4n) is 6.01. The Morgan fingerprint density at radius 2 is 1.65 bits per heavy atom. The van der Waals surface area contributed by atoms with Crippen LogP contribution in [-0.4, -0.2) is 64.0 Å². The fraction of sp³-hybridized carbons (Fsp3) is 0.351. The van der Waals surface area contributed by atoms with Crippen LogP contribution in [0.15, 0.2) is 91.0 Å². The van der Waals surface area contributed by atoms with Crippen LogP contribution in [0.1, 0.15) is 61.9 Å². The maximum atomic E-state index is 14.2. The van der Waals surface area contributed by atoms with Crippen molar-refractivity contribution < 1.29 is 41.8 Å². The molecule has 3 amide bonds. The molecule has 2 aliphatic heterocycles. The molecule has 2 unspecified atom stereocenters. The zero-order valence-electron chi connectivity index (χ0n) is 27.4. The van der Waals surface area contributed by atoms with Gasteiger partial charge >= 0.3 is 18.2 Å². The SMILES string of the molecule is CC(C)(C)OC(=O)CC[C@H](C(=O)NCc1cccc(C(F)(F)F)c1)N1C(=O)C(N2C(=O)OC[C@@H]2c2ccccc2)C1C=Cc1ccccc1. The first-order chi connectivity index (χ1) is 23.2. The number of hydrogen-bond acceptors (Lipinski definition) is 6. The van der Waals surface area contributed by atoms with Crippen molar-refractivity contribution in [3.8, 4) is 0 Å². The van der Waals surface area contributed by atoms with Gasteiger partial charge in [-0.25, -0.2) is 4.79 Å². The summed E-state index contributed by atoms with van der Waals surface area (Å²) >= 11 is 0. The summed E-state index contributed by atoms with van der Waals surface area (Å²) in [5.41, 5.74) is 0.125. The number of likely N-dealkylation sites (tertiary alicyclic amines) is 1. The monoisotopic (exact) mass is 677 g/mol. The van der Waals surface area contributed by atoms with E-state index in [0.717, 1.165) is 23.3 Å². The number of halogens is 3. The number of rotatable bonds is 11. The highest BCUT2D eigenvalue weighted by Crippen LogP contribution is 2.39. The molecule has 0 spiro atoms. The van der Waals surface area contributed by atoms with Crippen LogP contribution in [-0.2, 0) is 36.6 Å². The van der Waals surface area contributed by atoms with Crippen LogP contribution in [0.3, 0.4) is 0 Å². The maximum absolute atomic E-state index is 14.2. The second-order valence-corrected chi connectivity index (χ2v) is 12.9. The van der Waals surface area contributed by atoms with E-state index < -0.39 is 65.4 Å². The van der Waals surface area contributed by atoms with Crippen LogP contribution in [0.4, 0.5) is 18.0 Å². The van der Waals surface area contributed by atoms with E-state index in [1.54, 1.807) is 32.9 Å². The van der Waals surface area contributed by atoms with E-state index in [1.165, 1.54) is 21.9 Å². The van der Waals surface area contributed by atoms with E-state index in [4.69, 9.17) is 9.47 Å². The highest BCUT2D eigenvalue weighted by Gasteiger charge is 2.58. The molecule has 3 aromatic carbocycles. The van der Waals surface area contributed by atoms with Gasteiger partial charge in [-0.1, -0.05) is 84.9 Å². The first kappa shape index (κ1) is 35.2. The lowest BCUT2D eigenvalue weighted by atomic mass is 9.87. The largest absolute Gasteiger partial charge is 0.460 e. The van der Waals surface area contributed by atoms with Crippen LogP contribution in [0, 0.1) is 0 Å². The van der Waals surface area contributed by atoms with Crippen molar-refractivity contribution >= 4 is 30.0 Å². The van der Waals surface area contributed by atoms with Crippen LogP contribution >= 0.6 is 0 Å². The Morgan fingerprint density at radius 1 is 0.980 bits per heavy atom. The van der Waals surface area contributed by atoms with E-state index in [1.807, 2.05) is 60.7 Å². The number of carbonyl (C=O) groups is 4. The van der Waals surface area contributed by atoms with Gasteiger partial charge in [-0.05, 0) is 56.0 Å². The quantitative estimate of drug-likeness (QED) is 0.189. The molecule has 0 aliphatic carbocycles. The molecule has 1 N–H and O–H groups in total. The summed E-state index contributed by atoms with van der Waals surface area (Å²) in [5.74, 6) is -1.79. The van der Waals surface area contributed by atoms with Crippen molar-refractivity contribution in [3.63, 3.8) is 0 Å². The Labute approximate surface area is 282 Å². The van der Waals surface area contributed by atoms with E-state index in [2.05, 4.69) is 5.32 Å². The predicted molar refractivity (Wildman–Crippen MR) is 174 cm³/mol. The van der Waals surface area contributed by atoms with Gasteiger partial charge in [0.05, 0.1) is 17.6 Å². The van der Waals surface area contributed by atoms with Crippen LogP contribution in [0.2, 0.25) is 0 Å². The zero-order valence-corrected chi connectivity index (χ0v) is 27.4.